The zero-order chi connectivity index (χ0) is 27.6. The minimum atomic E-state index is -0.195. The molecular formula is C31H30N6O3. The number of nitrogens with one attached hydrogen (secondary N) is 2. The number of amides is 2. The molecular weight excluding hydrogens is 504 g/mol. The largest absolute Gasteiger partial charge is 0.485 e. The van der Waals surface area contributed by atoms with Gasteiger partial charge in [0, 0.05) is 59.7 Å². The summed E-state index contributed by atoms with van der Waals surface area (Å²) in [6.45, 7) is 2.74. The Balaban J connectivity index is 1.14. The Morgan fingerprint density at radius 2 is 1.95 bits per heavy atom. The third-order valence-electron chi connectivity index (χ3n) is 7.20. The van der Waals surface area contributed by atoms with Gasteiger partial charge in [0.2, 0.25) is 11.8 Å². The van der Waals surface area contributed by atoms with Crippen molar-refractivity contribution in [2.75, 3.05) is 27.8 Å². The quantitative estimate of drug-likeness (QED) is 0.263. The van der Waals surface area contributed by atoms with Gasteiger partial charge in [-0.15, -0.1) is 0 Å². The van der Waals surface area contributed by atoms with E-state index in [0.717, 1.165) is 46.7 Å². The van der Waals surface area contributed by atoms with Gasteiger partial charge in [-0.2, -0.15) is 0 Å². The molecule has 202 valence electrons. The predicted molar refractivity (Wildman–Crippen MR) is 156 cm³/mol. The maximum Gasteiger partial charge on any atom is 0.227 e. The fraction of sp³-hybridized carbons (Fsp3) is 0.226. The highest BCUT2D eigenvalue weighted by molar-refractivity contribution is 5.96. The van der Waals surface area contributed by atoms with Crippen LogP contribution in [0.5, 0.6) is 5.75 Å². The number of rotatable bonds is 7. The van der Waals surface area contributed by atoms with Gasteiger partial charge in [0.05, 0.1) is 23.8 Å². The lowest BCUT2D eigenvalue weighted by Crippen LogP contribution is -2.24. The van der Waals surface area contributed by atoms with E-state index in [1.54, 1.807) is 12.4 Å². The van der Waals surface area contributed by atoms with Crippen molar-refractivity contribution in [3.63, 3.8) is 0 Å². The summed E-state index contributed by atoms with van der Waals surface area (Å²) >= 11 is 0. The lowest BCUT2D eigenvalue weighted by Gasteiger charge is -2.28. The van der Waals surface area contributed by atoms with Gasteiger partial charge in [0.15, 0.2) is 0 Å². The normalized spacial score (nSPS) is 15.7. The van der Waals surface area contributed by atoms with Gasteiger partial charge in [-0.1, -0.05) is 12.1 Å². The van der Waals surface area contributed by atoms with Crippen molar-refractivity contribution in [2.24, 2.45) is 0 Å². The molecule has 4 aromatic rings. The average Bonchev–Trinajstić information content (AvgIpc) is 3.38. The summed E-state index contributed by atoms with van der Waals surface area (Å²) in [5.41, 5.74) is 12.7. The van der Waals surface area contributed by atoms with Crippen molar-refractivity contribution >= 4 is 40.4 Å². The molecule has 2 amide bonds. The van der Waals surface area contributed by atoms with Crippen molar-refractivity contribution in [1.82, 2.24) is 9.97 Å². The molecule has 1 fully saturated rings. The summed E-state index contributed by atoms with van der Waals surface area (Å²) in [5.74, 6) is 1.44. The van der Waals surface area contributed by atoms with Crippen molar-refractivity contribution in [2.45, 2.75) is 38.7 Å². The molecule has 2 aliphatic rings. The molecule has 1 saturated heterocycles. The number of ether oxygens (including phenoxy) is 1. The SMILES string of the molecule is CC1Oc2cc(N3CCCC3=O)ccc2-c2cnc(Nc3cncc(NC(=O)CCc4cccc(N)c4)c3)cc21. The van der Waals surface area contributed by atoms with Crippen LogP contribution in [0, 0.1) is 0 Å². The molecule has 0 radical (unpaired) electrons. The lowest BCUT2D eigenvalue weighted by molar-refractivity contribution is -0.117. The Morgan fingerprint density at radius 1 is 1.07 bits per heavy atom. The summed E-state index contributed by atoms with van der Waals surface area (Å²) in [7, 11) is 0. The number of nitrogens with two attached hydrogens (primary N) is 1. The molecule has 9 nitrogen and oxygen atoms in total. The summed E-state index contributed by atoms with van der Waals surface area (Å²) in [6, 6.07) is 17.3. The van der Waals surface area contributed by atoms with Gasteiger partial charge in [0.1, 0.15) is 17.7 Å². The molecule has 4 heterocycles. The van der Waals surface area contributed by atoms with Crippen LogP contribution in [0.15, 0.2) is 73.2 Å². The molecule has 1 unspecified atom stereocenters. The van der Waals surface area contributed by atoms with Crippen LogP contribution in [0.25, 0.3) is 11.1 Å². The van der Waals surface area contributed by atoms with Gasteiger partial charge in [-0.05, 0) is 61.7 Å². The number of hydrogen-bond donors (Lipinski definition) is 3. The van der Waals surface area contributed by atoms with E-state index in [2.05, 4.69) is 20.6 Å². The minimum absolute atomic E-state index is 0.102. The topological polar surface area (TPSA) is 122 Å². The number of anilines is 5. The number of nitrogen functional groups attached to an aromatic ring is 1. The molecule has 6 rings (SSSR count). The van der Waals surface area contributed by atoms with E-state index in [4.69, 9.17) is 10.5 Å². The molecule has 0 spiro atoms. The van der Waals surface area contributed by atoms with Gasteiger partial charge < -0.3 is 26.0 Å². The zero-order valence-corrected chi connectivity index (χ0v) is 22.2. The van der Waals surface area contributed by atoms with Gasteiger partial charge in [0.25, 0.3) is 0 Å². The van der Waals surface area contributed by atoms with Crippen molar-refractivity contribution in [3.05, 3.63) is 84.3 Å². The van der Waals surface area contributed by atoms with Crippen molar-refractivity contribution in [3.8, 4) is 16.9 Å². The molecule has 0 bridgehead atoms. The fourth-order valence-electron chi connectivity index (χ4n) is 5.23. The zero-order valence-electron chi connectivity index (χ0n) is 22.2. The number of carbonyl (C=O) groups is 2. The van der Waals surface area contributed by atoms with Crippen LogP contribution in [-0.4, -0.2) is 28.3 Å². The third kappa shape index (κ3) is 5.31. The van der Waals surface area contributed by atoms with Gasteiger partial charge in [-0.3, -0.25) is 14.6 Å². The molecule has 2 aromatic carbocycles. The van der Waals surface area contributed by atoms with Crippen molar-refractivity contribution < 1.29 is 14.3 Å². The standard InChI is InChI=1S/C31H30N6O3/c1-19-26-15-29(34-18-27(26)25-9-8-24(14-28(25)40-19)37-11-3-6-31(37)39)35-22-13-23(17-33-16-22)36-30(38)10-7-20-4-2-5-21(32)12-20/h2,4-5,8-9,12-19H,3,6-7,10-11,32H2,1H3,(H,34,35)(H,36,38). The first-order valence-electron chi connectivity index (χ1n) is 13.4. The fourth-order valence-corrected chi connectivity index (χ4v) is 5.23. The van der Waals surface area contributed by atoms with E-state index in [0.29, 0.717) is 42.1 Å². The van der Waals surface area contributed by atoms with Crippen molar-refractivity contribution in [1.29, 1.82) is 0 Å². The first kappa shape index (κ1) is 25.4. The van der Waals surface area contributed by atoms with Crippen LogP contribution in [0.4, 0.5) is 28.6 Å². The third-order valence-corrected chi connectivity index (χ3v) is 7.20. The summed E-state index contributed by atoms with van der Waals surface area (Å²) in [6.07, 6.45) is 7.34. The highest BCUT2D eigenvalue weighted by Crippen LogP contribution is 2.44. The second kappa shape index (κ2) is 10.7. The number of benzene rings is 2. The number of carbonyl (C=O) groups excluding carboxylic acids is 2. The van der Waals surface area contributed by atoms with Gasteiger partial charge in [-0.25, -0.2) is 4.98 Å². The van der Waals surface area contributed by atoms with E-state index >= 15 is 0 Å². The van der Waals surface area contributed by atoms with E-state index in [9.17, 15) is 9.59 Å². The summed E-state index contributed by atoms with van der Waals surface area (Å²) in [4.78, 5) is 35.4. The highest BCUT2D eigenvalue weighted by atomic mass is 16.5. The van der Waals surface area contributed by atoms with Crippen LogP contribution >= 0.6 is 0 Å². The first-order chi connectivity index (χ1) is 19.4. The lowest BCUT2D eigenvalue weighted by atomic mass is 9.94. The van der Waals surface area contributed by atoms with Gasteiger partial charge >= 0.3 is 0 Å². The van der Waals surface area contributed by atoms with Crippen LogP contribution in [-0.2, 0) is 16.0 Å². The highest BCUT2D eigenvalue weighted by Gasteiger charge is 2.27. The molecule has 1 atom stereocenters. The first-order valence-corrected chi connectivity index (χ1v) is 13.4. The molecule has 0 aliphatic carbocycles. The molecule has 2 aromatic heterocycles. The Morgan fingerprint density at radius 3 is 2.77 bits per heavy atom. The second-order valence-corrected chi connectivity index (χ2v) is 10.1. The Hall–Kier alpha value is -4.92. The maximum absolute atomic E-state index is 12.5. The average molecular weight is 535 g/mol. The molecule has 9 heteroatoms. The number of fused-ring (bicyclic) bond motifs is 3. The monoisotopic (exact) mass is 534 g/mol. The Labute approximate surface area is 232 Å². The van der Waals surface area contributed by atoms with Crippen LogP contribution in [0.3, 0.4) is 0 Å². The van der Waals surface area contributed by atoms with E-state index < -0.39 is 0 Å². The molecule has 40 heavy (non-hydrogen) atoms. The molecule has 0 saturated carbocycles. The number of nitrogens with zero attached hydrogens (tertiary/aromatic N) is 3. The second-order valence-electron chi connectivity index (χ2n) is 10.1. The predicted octanol–water partition coefficient (Wildman–Crippen LogP) is 5.62. The van der Waals surface area contributed by atoms with E-state index in [1.807, 2.05) is 72.6 Å². The summed E-state index contributed by atoms with van der Waals surface area (Å²) in [5, 5.41) is 6.20. The smallest absolute Gasteiger partial charge is 0.227 e. The maximum atomic E-state index is 12.5. The van der Waals surface area contributed by atoms with Crippen LogP contribution in [0.1, 0.15) is 43.4 Å². The van der Waals surface area contributed by atoms with E-state index in [1.165, 1.54) is 0 Å². The Bertz CT molecular complexity index is 1600. The molecule has 2 aliphatic heterocycles. The summed E-state index contributed by atoms with van der Waals surface area (Å²) < 4.78 is 6.26. The number of aromatic nitrogens is 2. The van der Waals surface area contributed by atoms with E-state index in [-0.39, 0.29) is 17.9 Å². The Kier molecular flexibility index (Phi) is 6.77. The molecule has 4 N–H and O–H groups in total. The number of hydrogen-bond acceptors (Lipinski definition) is 7. The minimum Gasteiger partial charge on any atom is -0.485 e. The number of pyridine rings is 2. The van der Waals surface area contributed by atoms with Crippen LogP contribution < -0.4 is 26.0 Å². The van der Waals surface area contributed by atoms with Crippen LogP contribution in [0.2, 0.25) is 0 Å². The number of aryl methyl sites for hydroxylation is 1.